The Kier molecular flexibility index (Phi) is 7.25. The van der Waals surface area contributed by atoms with Crippen LogP contribution in [0, 0.1) is 0 Å². The van der Waals surface area contributed by atoms with Crippen LogP contribution in [0.5, 0.6) is 0 Å². The molecule has 7 nitrogen and oxygen atoms in total. The smallest absolute Gasteiger partial charge is 0.410 e. The summed E-state index contributed by atoms with van der Waals surface area (Å²) in [5.41, 5.74) is 0.805. The largest absolute Gasteiger partial charge is 0.444 e. The molecule has 1 aromatic rings. The molecule has 1 aliphatic heterocycles. The van der Waals surface area contributed by atoms with E-state index in [4.69, 9.17) is 4.74 Å². The lowest BCUT2D eigenvalue weighted by Crippen LogP contribution is -2.51. The SMILES string of the molecule is CCCn1nccc1CNCCN1CCN(C(=O)OC(C)(C)C)CC1. The van der Waals surface area contributed by atoms with Crippen LogP contribution in [0.15, 0.2) is 12.3 Å². The number of carbonyl (C=O) groups is 1. The average molecular weight is 351 g/mol. The van der Waals surface area contributed by atoms with Gasteiger partial charge in [0.1, 0.15) is 5.60 Å². The lowest BCUT2D eigenvalue weighted by atomic mass is 10.2. The van der Waals surface area contributed by atoms with Gasteiger partial charge >= 0.3 is 6.09 Å². The lowest BCUT2D eigenvalue weighted by molar-refractivity contribution is 0.0146. The Morgan fingerprint density at radius 3 is 2.60 bits per heavy atom. The summed E-state index contributed by atoms with van der Waals surface area (Å²) in [6.45, 7) is 14.9. The first kappa shape index (κ1) is 19.7. The van der Waals surface area contributed by atoms with E-state index in [9.17, 15) is 4.79 Å². The number of ether oxygens (including phenoxy) is 1. The molecule has 0 bridgehead atoms. The van der Waals surface area contributed by atoms with Gasteiger partial charge in [0.2, 0.25) is 0 Å². The summed E-state index contributed by atoms with van der Waals surface area (Å²) >= 11 is 0. The first-order valence-electron chi connectivity index (χ1n) is 9.30. The van der Waals surface area contributed by atoms with E-state index in [0.717, 1.165) is 58.8 Å². The van der Waals surface area contributed by atoms with Gasteiger partial charge in [-0.25, -0.2) is 4.79 Å². The van der Waals surface area contributed by atoms with E-state index in [1.165, 1.54) is 5.69 Å². The molecule has 0 atom stereocenters. The van der Waals surface area contributed by atoms with Crippen molar-refractivity contribution in [2.75, 3.05) is 39.3 Å². The highest BCUT2D eigenvalue weighted by molar-refractivity contribution is 5.68. The third-order valence-corrected chi connectivity index (χ3v) is 4.17. The molecule has 0 spiro atoms. The lowest BCUT2D eigenvalue weighted by Gasteiger charge is -2.35. The molecule has 7 heteroatoms. The topological polar surface area (TPSA) is 62.6 Å². The number of hydrogen-bond donors (Lipinski definition) is 1. The molecule has 1 aromatic heterocycles. The van der Waals surface area contributed by atoms with Gasteiger partial charge in [-0.15, -0.1) is 0 Å². The number of hydrogen-bond acceptors (Lipinski definition) is 5. The summed E-state index contributed by atoms with van der Waals surface area (Å²) in [5, 5.41) is 7.83. The highest BCUT2D eigenvalue weighted by Crippen LogP contribution is 2.11. The van der Waals surface area contributed by atoms with E-state index in [1.54, 1.807) is 4.90 Å². The van der Waals surface area contributed by atoms with Crippen LogP contribution in [0.3, 0.4) is 0 Å². The Hall–Kier alpha value is -1.60. The van der Waals surface area contributed by atoms with Gasteiger partial charge in [0.25, 0.3) is 0 Å². The van der Waals surface area contributed by atoms with Gasteiger partial charge < -0.3 is 15.0 Å². The van der Waals surface area contributed by atoms with Crippen LogP contribution in [-0.2, 0) is 17.8 Å². The number of carbonyl (C=O) groups excluding carboxylic acids is 1. The third kappa shape index (κ3) is 6.66. The van der Waals surface area contributed by atoms with Crippen LogP contribution in [0.2, 0.25) is 0 Å². The van der Waals surface area contributed by atoms with Crippen LogP contribution < -0.4 is 5.32 Å². The van der Waals surface area contributed by atoms with Crippen molar-refractivity contribution in [1.82, 2.24) is 24.9 Å². The molecular weight excluding hydrogens is 318 g/mol. The highest BCUT2D eigenvalue weighted by atomic mass is 16.6. The van der Waals surface area contributed by atoms with Crippen LogP contribution >= 0.6 is 0 Å². The van der Waals surface area contributed by atoms with Crippen molar-refractivity contribution in [3.05, 3.63) is 18.0 Å². The van der Waals surface area contributed by atoms with Crippen LogP contribution in [0.4, 0.5) is 4.79 Å². The molecule has 1 N–H and O–H groups in total. The summed E-state index contributed by atoms with van der Waals surface area (Å²) in [4.78, 5) is 16.3. The molecule has 1 amide bonds. The average Bonchev–Trinajstić information content (AvgIpc) is 2.98. The number of aromatic nitrogens is 2. The summed E-state index contributed by atoms with van der Waals surface area (Å²) < 4.78 is 7.49. The number of piperazine rings is 1. The van der Waals surface area contributed by atoms with Crippen molar-refractivity contribution in [1.29, 1.82) is 0 Å². The van der Waals surface area contributed by atoms with Gasteiger partial charge in [-0.3, -0.25) is 9.58 Å². The first-order chi connectivity index (χ1) is 11.9. The Morgan fingerprint density at radius 2 is 1.96 bits per heavy atom. The molecule has 0 aliphatic carbocycles. The summed E-state index contributed by atoms with van der Waals surface area (Å²) in [6, 6.07) is 2.07. The number of aryl methyl sites for hydroxylation is 1. The molecule has 2 heterocycles. The van der Waals surface area contributed by atoms with Gasteiger partial charge in [-0.05, 0) is 33.3 Å². The first-order valence-corrected chi connectivity index (χ1v) is 9.30. The van der Waals surface area contributed by atoms with E-state index in [0.29, 0.717) is 0 Å². The maximum Gasteiger partial charge on any atom is 0.410 e. The fraction of sp³-hybridized carbons (Fsp3) is 0.778. The predicted molar refractivity (Wildman–Crippen MR) is 98.5 cm³/mol. The monoisotopic (exact) mass is 351 g/mol. The Bertz CT molecular complexity index is 530. The predicted octanol–water partition coefficient (Wildman–Crippen LogP) is 1.94. The fourth-order valence-electron chi connectivity index (χ4n) is 2.86. The molecule has 0 unspecified atom stereocenters. The molecule has 0 radical (unpaired) electrons. The van der Waals surface area contributed by atoms with E-state index in [-0.39, 0.29) is 6.09 Å². The van der Waals surface area contributed by atoms with E-state index < -0.39 is 5.60 Å². The van der Waals surface area contributed by atoms with Crippen LogP contribution in [-0.4, -0.2) is 70.5 Å². The Balaban J connectivity index is 1.62. The number of amides is 1. The van der Waals surface area contributed by atoms with E-state index in [1.807, 2.05) is 27.0 Å². The molecule has 0 saturated carbocycles. The van der Waals surface area contributed by atoms with Crippen molar-refractivity contribution < 1.29 is 9.53 Å². The third-order valence-electron chi connectivity index (χ3n) is 4.17. The minimum Gasteiger partial charge on any atom is -0.444 e. The Morgan fingerprint density at radius 1 is 1.24 bits per heavy atom. The summed E-state index contributed by atoms with van der Waals surface area (Å²) in [7, 11) is 0. The maximum atomic E-state index is 12.1. The molecular formula is C18H33N5O2. The minimum atomic E-state index is -0.428. The van der Waals surface area contributed by atoms with Crippen molar-refractivity contribution in [2.24, 2.45) is 0 Å². The quantitative estimate of drug-likeness (QED) is 0.761. The number of nitrogens with zero attached hydrogens (tertiary/aromatic N) is 4. The van der Waals surface area contributed by atoms with Gasteiger partial charge in [-0.2, -0.15) is 5.10 Å². The zero-order chi connectivity index (χ0) is 18.3. The fourth-order valence-corrected chi connectivity index (χ4v) is 2.86. The molecule has 1 saturated heterocycles. The minimum absolute atomic E-state index is 0.200. The summed E-state index contributed by atoms with van der Waals surface area (Å²) in [5.74, 6) is 0. The van der Waals surface area contributed by atoms with Crippen LogP contribution in [0.1, 0.15) is 39.8 Å². The van der Waals surface area contributed by atoms with E-state index >= 15 is 0 Å². The molecule has 25 heavy (non-hydrogen) atoms. The van der Waals surface area contributed by atoms with Crippen molar-refractivity contribution >= 4 is 6.09 Å². The molecule has 0 aromatic carbocycles. The van der Waals surface area contributed by atoms with Crippen LogP contribution in [0.25, 0.3) is 0 Å². The number of nitrogens with one attached hydrogen (secondary N) is 1. The second kappa shape index (κ2) is 9.20. The van der Waals surface area contributed by atoms with E-state index in [2.05, 4.69) is 33.0 Å². The molecule has 142 valence electrons. The standard InChI is InChI=1S/C18H33N5O2/c1-5-9-23-16(6-7-20-23)15-19-8-10-21-11-13-22(14-12-21)17(24)25-18(2,3)4/h6-7,19H,5,8-15H2,1-4H3. The normalized spacial score (nSPS) is 16.2. The van der Waals surface area contributed by atoms with Gasteiger partial charge in [0.15, 0.2) is 0 Å². The van der Waals surface area contributed by atoms with Crippen molar-refractivity contribution in [2.45, 2.75) is 52.8 Å². The van der Waals surface area contributed by atoms with Gasteiger partial charge in [0, 0.05) is 58.6 Å². The van der Waals surface area contributed by atoms with Crippen molar-refractivity contribution in [3.63, 3.8) is 0 Å². The molecule has 1 aliphatic rings. The van der Waals surface area contributed by atoms with Gasteiger partial charge in [0.05, 0.1) is 5.69 Å². The highest BCUT2D eigenvalue weighted by Gasteiger charge is 2.25. The second-order valence-corrected chi connectivity index (χ2v) is 7.53. The zero-order valence-corrected chi connectivity index (χ0v) is 16.1. The summed E-state index contributed by atoms with van der Waals surface area (Å²) in [6.07, 6.45) is 2.76. The zero-order valence-electron chi connectivity index (χ0n) is 16.1. The number of rotatable bonds is 7. The van der Waals surface area contributed by atoms with Crippen molar-refractivity contribution in [3.8, 4) is 0 Å². The second-order valence-electron chi connectivity index (χ2n) is 7.53. The Labute approximate surface area is 151 Å². The molecule has 1 fully saturated rings. The van der Waals surface area contributed by atoms with Gasteiger partial charge in [-0.1, -0.05) is 6.92 Å². The maximum absolute atomic E-state index is 12.1. The molecule has 2 rings (SSSR count).